The number of nitrogens with one attached hydrogen (secondary N) is 1. The fraction of sp³-hybridized carbons (Fsp3) is 0.222. The average Bonchev–Trinajstić information content (AvgIpc) is 2.01. The molecule has 0 radical (unpaired) electrons. The number of carbonyl (C=O) groups is 2. The second-order valence-electron chi connectivity index (χ2n) is 2.90. The molecule has 0 aromatic carbocycles. The van der Waals surface area contributed by atoms with Gasteiger partial charge in [-0.25, -0.2) is 0 Å². The van der Waals surface area contributed by atoms with Gasteiger partial charge in [0.25, 0.3) is 0 Å². The minimum atomic E-state index is -0.659. The second kappa shape index (κ2) is 4.36. The molecule has 0 spiro atoms. The van der Waals surface area contributed by atoms with E-state index in [1.165, 1.54) is 6.07 Å². The third kappa shape index (κ3) is 3.22. The van der Waals surface area contributed by atoms with E-state index in [4.69, 9.17) is 5.73 Å². The standard InChI is InChI=1S/C9H10N2O3/c10-8(13)5-7(12)4-6-2-1-3-9(14)11-6/h1-3H,4-5H2,(H2,10,13)(H,11,14). The molecule has 74 valence electrons. The van der Waals surface area contributed by atoms with E-state index in [-0.39, 0.29) is 24.2 Å². The van der Waals surface area contributed by atoms with Crippen LogP contribution in [0.15, 0.2) is 23.0 Å². The Kier molecular flexibility index (Phi) is 3.17. The minimum Gasteiger partial charge on any atom is -0.369 e. The first-order valence-corrected chi connectivity index (χ1v) is 4.06. The Labute approximate surface area is 79.9 Å². The molecule has 1 amide bonds. The number of carbonyl (C=O) groups excluding carboxylic acids is 2. The SMILES string of the molecule is NC(=O)CC(=O)Cc1cccc(=O)[nH]1. The predicted molar refractivity (Wildman–Crippen MR) is 49.6 cm³/mol. The smallest absolute Gasteiger partial charge is 0.248 e. The number of pyridine rings is 1. The summed E-state index contributed by atoms with van der Waals surface area (Å²) in [4.78, 5) is 34.8. The van der Waals surface area contributed by atoms with Crippen molar-refractivity contribution in [3.63, 3.8) is 0 Å². The lowest BCUT2D eigenvalue weighted by molar-refractivity contribution is -0.126. The van der Waals surface area contributed by atoms with E-state index >= 15 is 0 Å². The fourth-order valence-corrected chi connectivity index (χ4v) is 1.07. The summed E-state index contributed by atoms with van der Waals surface area (Å²) < 4.78 is 0. The van der Waals surface area contributed by atoms with Gasteiger partial charge in [-0.15, -0.1) is 0 Å². The number of amides is 1. The Morgan fingerprint density at radius 2 is 2.07 bits per heavy atom. The minimum absolute atomic E-state index is 0.0268. The van der Waals surface area contributed by atoms with Crippen LogP contribution in [0.5, 0.6) is 0 Å². The van der Waals surface area contributed by atoms with Crippen LogP contribution in [0.25, 0.3) is 0 Å². The highest BCUT2D eigenvalue weighted by Gasteiger charge is 2.07. The van der Waals surface area contributed by atoms with Crippen molar-refractivity contribution in [2.45, 2.75) is 12.8 Å². The maximum Gasteiger partial charge on any atom is 0.248 e. The summed E-state index contributed by atoms with van der Waals surface area (Å²) >= 11 is 0. The Morgan fingerprint density at radius 1 is 1.36 bits per heavy atom. The molecule has 1 aromatic heterocycles. The Morgan fingerprint density at radius 3 is 2.64 bits per heavy atom. The number of aromatic amines is 1. The molecule has 0 aliphatic rings. The number of ketones is 1. The molecule has 0 bridgehead atoms. The van der Waals surface area contributed by atoms with E-state index in [1.54, 1.807) is 12.1 Å². The Balaban J connectivity index is 2.65. The van der Waals surface area contributed by atoms with Gasteiger partial charge in [0, 0.05) is 18.2 Å². The first kappa shape index (κ1) is 10.2. The van der Waals surface area contributed by atoms with E-state index in [0.717, 1.165) is 0 Å². The number of rotatable bonds is 4. The molecule has 5 nitrogen and oxygen atoms in total. The Hall–Kier alpha value is -1.91. The summed E-state index contributed by atoms with van der Waals surface area (Å²) in [6, 6.07) is 4.51. The van der Waals surface area contributed by atoms with Crippen molar-refractivity contribution < 1.29 is 9.59 Å². The highest BCUT2D eigenvalue weighted by molar-refractivity contribution is 5.97. The number of primary amides is 1. The number of aromatic nitrogens is 1. The molecule has 0 unspecified atom stereocenters. The van der Waals surface area contributed by atoms with Crippen molar-refractivity contribution in [3.8, 4) is 0 Å². The zero-order valence-corrected chi connectivity index (χ0v) is 7.45. The number of nitrogens with two attached hydrogens (primary N) is 1. The topological polar surface area (TPSA) is 93.0 Å². The summed E-state index contributed by atoms with van der Waals surface area (Å²) in [5, 5.41) is 0. The van der Waals surface area contributed by atoms with Crippen LogP contribution in [-0.4, -0.2) is 16.7 Å². The fourth-order valence-electron chi connectivity index (χ4n) is 1.07. The molecule has 0 saturated carbocycles. The predicted octanol–water partition coefficient (Wildman–Crippen LogP) is -0.638. The third-order valence-corrected chi connectivity index (χ3v) is 1.59. The lowest BCUT2D eigenvalue weighted by Gasteiger charge is -1.98. The van der Waals surface area contributed by atoms with Gasteiger partial charge in [-0.3, -0.25) is 14.4 Å². The average molecular weight is 194 g/mol. The van der Waals surface area contributed by atoms with E-state index in [1.807, 2.05) is 0 Å². The first-order valence-electron chi connectivity index (χ1n) is 4.06. The summed E-state index contributed by atoms with van der Waals surface area (Å²) in [5.74, 6) is -0.965. The molecule has 3 N–H and O–H groups in total. The summed E-state index contributed by atoms with van der Waals surface area (Å²) in [6.45, 7) is 0. The molecule has 5 heteroatoms. The second-order valence-corrected chi connectivity index (χ2v) is 2.90. The van der Waals surface area contributed by atoms with E-state index in [2.05, 4.69) is 4.98 Å². The molecule has 14 heavy (non-hydrogen) atoms. The van der Waals surface area contributed by atoms with Gasteiger partial charge < -0.3 is 10.7 Å². The van der Waals surface area contributed by atoms with Crippen LogP contribution in [0, 0.1) is 0 Å². The lowest BCUT2D eigenvalue weighted by Crippen LogP contribution is -2.18. The molecule has 0 saturated heterocycles. The van der Waals surface area contributed by atoms with Gasteiger partial charge in [0.15, 0.2) is 0 Å². The molecule has 1 rings (SSSR count). The van der Waals surface area contributed by atoms with Crippen molar-refractivity contribution in [1.82, 2.24) is 4.98 Å². The van der Waals surface area contributed by atoms with Crippen LogP contribution in [0.1, 0.15) is 12.1 Å². The van der Waals surface area contributed by atoms with Gasteiger partial charge >= 0.3 is 0 Å². The molecule has 0 fully saturated rings. The highest BCUT2D eigenvalue weighted by Crippen LogP contribution is 1.95. The molecule has 1 aromatic rings. The summed E-state index contributed by atoms with van der Waals surface area (Å²) in [5.41, 5.74) is 5.07. The molecular formula is C9H10N2O3. The largest absolute Gasteiger partial charge is 0.369 e. The number of hydrogen-bond acceptors (Lipinski definition) is 3. The molecular weight excluding hydrogens is 184 g/mol. The lowest BCUT2D eigenvalue weighted by atomic mass is 10.1. The van der Waals surface area contributed by atoms with E-state index in [0.29, 0.717) is 5.69 Å². The first-order chi connectivity index (χ1) is 6.58. The maximum absolute atomic E-state index is 11.1. The molecule has 0 aliphatic carbocycles. The van der Waals surface area contributed by atoms with Crippen molar-refractivity contribution in [3.05, 3.63) is 34.2 Å². The van der Waals surface area contributed by atoms with Gasteiger partial charge in [0.05, 0.1) is 6.42 Å². The maximum atomic E-state index is 11.1. The van der Waals surface area contributed by atoms with Crippen LogP contribution >= 0.6 is 0 Å². The zero-order chi connectivity index (χ0) is 10.6. The van der Waals surface area contributed by atoms with Crippen LogP contribution in [0.4, 0.5) is 0 Å². The third-order valence-electron chi connectivity index (χ3n) is 1.59. The van der Waals surface area contributed by atoms with Crippen LogP contribution in [-0.2, 0) is 16.0 Å². The number of H-pyrrole nitrogens is 1. The Bertz CT molecular complexity index is 409. The molecule has 0 aliphatic heterocycles. The van der Waals surface area contributed by atoms with Gasteiger partial charge in [-0.2, -0.15) is 0 Å². The monoisotopic (exact) mass is 194 g/mol. The van der Waals surface area contributed by atoms with Crippen molar-refractivity contribution in [2.75, 3.05) is 0 Å². The summed E-state index contributed by atoms with van der Waals surface area (Å²) in [7, 11) is 0. The van der Waals surface area contributed by atoms with Gasteiger partial charge in [-0.05, 0) is 6.07 Å². The highest BCUT2D eigenvalue weighted by atomic mass is 16.2. The quantitative estimate of drug-likeness (QED) is 0.624. The van der Waals surface area contributed by atoms with Gasteiger partial charge in [-0.1, -0.05) is 6.07 Å². The summed E-state index contributed by atoms with van der Waals surface area (Å²) in [6.07, 6.45) is -0.268. The van der Waals surface area contributed by atoms with Crippen LogP contribution < -0.4 is 11.3 Å². The molecule has 0 atom stereocenters. The van der Waals surface area contributed by atoms with Crippen molar-refractivity contribution in [1.29, 1.82) is 0 Å². The van der Waals surface area contributed by atoms with Crippen LogP contribution in [0.2, 0.25) is 0 Å². The van der Waals surface area contributed by atoms with Gasteiger partial charge in [0.1, 0.15) is 5.78 Å². The van der Waals surface area contributed by atoms with Crippen LogP contribution in [0.3, 0.4) is 0 Å². The number of hydrogen-bond donors (Lipinski definition) is 2. The van der Waals surface area contributed by atoms with E-state index < -0.39 is 5.91 Å². The number of Topliss-reactive ketones (excluding diaryl/α,β-unsaturated/α-hetero) is 1. The van der Waals surface area contributed by atoms with Crippen molar-refractivity contribution in [2.24, 2.45) is 5.73 Å². The zero-order valence-electron chi connectivity index (χ0n) is 7.45. The normalized spacial score (nSPS) is 9.71. The van der Waals surface area contributed by atoms with Gasteiger partial charge in [0.2, 0.25) is 11.5 Å². The molecule has 1 heterocycles. The van der Waals surface area contributed by atoms with E-state index in [9.17, 15) is 14.4 Å². The van der Waals surface area contributed by atoms with Crippen molar-refractivity contribution >= 4 is 11.7 Å².